The van der Waals surface area contributed by atoms with E-state index >= 15 is 0 Å². The van der Waals surface area contributed by atoms with Crippen molar-refractivity contribution >= 4 is 29.4 Å². The van der Waals surface area contributed by atoms with Crippen molar-refractivity contribution < 1.29 is 14.4 Å². The van der Waals surface area contributed by atoms with Gasteiger partial charge in [0.05, 0.1) is 23.9 Å². The lowest BCUT2D eigenvalue weighted by molar-refractivity contribution is -0.142. The van der Waals surface area contributed by atoms with Crippen molar-refractivity contribution in [3.63, 3.8) is 0 Å². The van der Waals surface area contributed by atoms with Gasteiger partial charge in [-0.1, -0.05) is 60.1 Å². The number of carbonyl (C=O) groups excluding carboxylic acids is 3. The highest BCUT2D eigenvalue weighted by molar-refractivity contribution is 6.30. The van der Waals surface area contributed by atoms with Gasteiger partial charge in [-0.15, -0.1) is 6.58 Å². The second kappa shape index (κ2) is 10.2. The van der Waals surface area contributed by atoms with Crippen LogP contribution in [0, 0.1) is 0 Å². The molecule has 2 aromatic carbocycles. The van der Waals surface area contributed by atoms with Crippen LogP contribution in [0.3, 0.4) is 0 Å². The van der Waals surface area contributed by atoms with E-state index in [-0.39, 0.29) is 30.9 Å². The van der Waals surface area contributed by atoms with Crippen LogP contribution in [0.4, 0.5) is 4.79 Å². The van der Waals surface area contributed by atoms with E-state index in [4.69, 9.17) is 11.6 Å². The molecule has 0 bridgehead atoms. The number of carbonyl (C=O) groups is 3. The first-order chi connectivity index (χ1) is 17.5. The van der Waals surface area contributed by atoms with Gasteiger partial charge in [-0.05, 0) is 36.1 Å². The molecule has 2 atom stereocenters. The van der Waals surface area contributed by atoms with E-state index < -0.39 is 12.1 Å². The summed E-state index contributed by atoms with van der Waals surface area (Å²) in [5, 5.41) is 3.55. The third-order valence-corrected chi connectivity index (χ3v) is 7.37. The average molecular weight is 505 g/mol. The first-order valence-corrected chi connectivity index (χ1v) is 12.7. The fraction of sp³-hybridized carbons (Fsp3) is 0.321. The third kappa shape index (κ3) is 4.51. The van der Waals surface area contributed by atoms with Crippen LogP contribution in [0.2, 0.25) is 5.02 Å². The van der Waals surface area contributed by atoms with E-state index in [0.717, 1.165) is 24.0 Å². The van der Waals surface area contributed by atoms with E-state index in [0.29, 0.717) is 35.8 Å². The maximum Gasteiger partial charge on any atom is 0.322 e. The number of likely N-dealkylation sites (tertiary alicyclic amines) is 1. The molecule has 3 aliphatic heterocycles. The Hall–Kier alpha value is -3.58. The van der Waals surface area contributed by atoms with Crippen molar-refractivity contribution in [1.82, 2.24) is 20.0 Å². The molecule has 4 amide bonds. The Morgan fingerprint density at radius 2 is 1.78 bits per heavy atom. The van der Waals surface area contributed by atoms with Gasteiger partial charge in [-0.2, -0.15) is 0 Å². The van der Waals surface area contributed by atoms with Crippen LogP contribution in [0.5, 0.6) is 0 Å². The molecule has 8 heteroatoms. The molecule has 2 aromatic rings. The van der Waals surface area contributed by atoms with Crippen molar-refractivity contribution in [3.8, 4) is 0 Å². The molecule has 186 valence electrons. The quantitative estimate of drug-likeness (QED) is 0.581. The standard InChI is InChI=1S/C28H29ClN4O3/c1-2-14-32-23-18-33(22(17-19-8-4-3-5-9-19)26(34)31-15-6-7-16-31)27(35)24(23)25(30-28(32)36)20-10-12-21(29)13-11-20/h2-5,8-13,22,25H,1,6-7,14-18H2,(H,30,36)/t22-,25-/m1/s1. The normalized spacial score (nSPS) is 20.5. The Morgan fingerprint density at radius 3 is 2.44 bits per heavy atom. The number of halogens is 1. The van der Waals surface area contributed by atoms with Crippen LogP contribution in [-0.4, -0.2) is 64.8 Å². The number of rotatable bonds is 7. The summed E-state index contributed by atoms with van der Waals surface area (Å²) in [7, 11) is 0. The molecule has 7 nitrogen and oxygen atoms in total. The Morgan fingerprint density at radius 1 is 1.08 bits per heavy atom. The second-order valence-electron chi connectivity index (χ2n) is 9.36. The van der Waals surface area contributed by atoms with Crippen molar-refractivity contribution in [2.75, 3.05) is 26.2 Å². The van der Waals surface area contributed by atoms with Gasteiger partial charge < -0.3 is 15.1 Å². The van der Waals surface area contributed by atoms with Crippen molar-refractivity contribution in [2.24, 2.45) is 0 Å². The Balaban J connectivity index is 1.53. The topological polar surface area (TPSA) is 73.0 Å². The molecule has 3 aliphatic rings. The molecule has 5 rings (SSSR count). The summed E-state index contributed by atoms with van der Waals surface area (Å²) in [5.41, 5.74) is 2.86. The van der Waals surface area contributed by atoms with Gasteiger partial charge >= 0.3 is 6.03 Å². The molecule has 1 N–H and O–H groups in total. The minimum absolute atomic E-state index is 0.0397. The molecule has 0 aliphatic carbocycles. The number of urea groups is 1. The first kappa shape index (κ1) is 24.1. The summed E-state index contributed by atoms with van der Waals surface area (Å²) < 4.78 is 0. The smallest absolute Gasteiger partial charge is 0.322 e. The van der Waals surface area contributed by atoms with Gasteiger partial charge in [0.15, 0.2) is 0 Å². The summed E-state index contributed by atoms with van der Waals surface area (Å²) >= 11 is 6.09. The maximum atomic E-state index is 14.1. The van der Waals surface area contributed by atoms with Crippen LogP contribution in [-0.2, 0) is 16.0 Å². The van der Waals surface area contributed by atoms with Crippen LogP contribution in [0.25, 0.3) is 0 Å². The van der Waals surface area contributed by atoms with Gasteiger partial charge in [-0.3, -0.25) is 14.5 Å². The fourth-order valence-electron chi connectivity index (χ4n) is 5.31. The Bertz CT molecular complexity index is 1210. The van der Waals surface area contributed by atoms with Gasteiger partial charge in [0, 0.05) is 31.1 Å². The minimum atomic E-state index is -0.657. The number of hydrogen-bond acceptors (Lipinski definition) is 3. The molecule has 1 fully saturated rings. The maximum absolute atomic E-state index is 14.1. The van der Waals surface area contributed by atoms with E-state index in [9.17, 15) is 14.4 Å². The average Bonchev–Trinajstić information content (AvgIpc) is 3.54. The van der Waals surface area contributed by atoms with Crippen LogP contribution >= 0.6 is 11.6 Å². The van der Waals surface area contributed by atoms with Gasteiger partial charge in [-0.25, -0.2) is 4.79 Å². The molecular weight excluding hydrogens is 476 g/mol. The number of amides is 4. The fourth-order valence-corrected chi connectivity index (χ4v) is 5.44. The zero-order chi connectivity index (χ0) is 25.2. The predicted octanol–water partition coefficient (Wildman–Crippen LogP) is 3.92. The second-order valence-corrected chi connectivity index (χ2v) is 9.80. The lowest BCUT2D eigenvalue weighted by atomic mass is 9.95. The number of nitrogens with one attached hydrogen (secondary N) is 1. The molecule has 3 heterocycles. The highest BCUT2D eigenvalue weighted by atomic mass is 35.5. The SMILES string of the molecule is C=CCN1C(=O)N[C@H](c2ccc(Cl)cc2)C2=C1CN([C@H](Cc1ccccc1)C(=O)N1CCCC1)C2=O. The predicted molar refractivity (Wildman–Crippen MR) is 138 cm³/mol. The molecule has 0 radical (unpaired) electrons. The van der Waals surface area contributed by atoms with Crippen LogP contribution in [0.15, 0.2) is 78.5 Å². The number of nitrogens with zero attached hydrogens (tertiary/aromatic N) is 3. The zero-order valence-electron chi connectivity index (χ0n) is 20.0. The molecule has 36 heavy (non-hydrogen) atoms. The third-order valence-electron chi connectivity index (χ3n) is 7.12. The lowest BCUT2D eigenvalue weighted by Gasteiger charge is -2.33. The highest BCUT2D eigenvalue weighted by Gasteiger charge is 2.47. The Labute approximate surface area is 216 Å². The molecule has 0 unspecified atom stereocenters. The monoisotopic (exact) mass is 504 g/mol. The summed E-state index contributed by atoms with van der Waals surface area (Å²) in [6, 6.07) is 15.3. The molecular formula is C28H29ClN4O3. The molecule has 0 aromatic heterocycles. The summed E-state index contributed by atoms with van der Waals surface area (Å²) in [6.07, 6.45) is 3.99. The van der Waals surface area contributed by atoms with Crippen molar-refractivity contribution in [1.29, 1.82) is 0 Å². The zero-order valence-corrected chi connectivity index (χ0v) is 20.8. The van der Waals surface area contributed by atoms with Crippen molar-refractivity contribution in [2.45, 2.75) is 31.3 Å². The van der Waals surface area contributed by atoms with Gasteiger partial charge in [0.25, 0.3) is 5.91 Å². The Kier molecular flexibility index (Phi) is 6.83. The van der Waals surface area contributed by atoms with E-state index in [1.54, 1.807) is 28.0 Å². The lowest BCUT2D eigenvalue weighted by Crippen LogP contribution is -2.50. The minimum Gasteiger partial charge on any atom is -0.341 e. The number of hydrogen-bond donors (Lipinski definition) is 1. The van der Waals surface area contributed by atoms with Gasteiger partial charge in [0.1, 0.15) is 6.04 Å². The van der Waals surface area contributed by atoms with Gasteiger partial charge in [0.2, 0.25) is 5.91 Å². The largest absolute Gasteiger partial charge is 0.341 e. The molecule has 0 saturated carbocycles. The van der Waals surface area contributed by atoms with Crippen LogP contribution in [0.1, 0.15) is 30.0 Å². The molecule has 0 spiro atoms. The summed E-state index contributed by atoms with van der Waals surface area (Å²) in [6.45, 7) is 5.65. The number of benzene rings is 2. The summed E-state index contributed by atoms with van der Waals surface area (Å²) in [5.74, 6) is -0.269. The van der Waals surface area contributed by atoms with E-state index in [1.807, 2.05) is 47.4 Å². The van der Waals surface area contributed by atoms with Crippen molar-refractivity contribution in [3.05, 3.63) is 94.7 Å². The van der Waals surface area contributed by atoms with E-state index in [1.165, 1.54) is 0 Å². The highest BCUT2D eigenvalue weighted by Crippen LogP contribution is 2.38. The molecule has 1 saturated heterocycles. The van der Waals surface area contributed by atoms with E-state index in [2.05, 4.69) is 11.9 Å². The summed E-state index contributed by atoms with van der Waals surface area (Å²) in [4.78, 5) is 46.0. The van der Waals surface area contributed by atoms with Crippen LogP contribution < -0.4 is 5.32 Å². The first-order valence-electron chi connectivity index (χ1n) is 12.3.